The summed E-state index contributed by atoms with van der Waals surface area (Å²) >= 11 is 0.945. The maximum absolute atomic E-state index is 14.0. The van der Waals surface area contributed by atoms with Gasteiger partial charge in [0.15, 0.2) is 28.0 Å². The van der Waals surface area contributed by atoms with E-state index in [1.165, 1.54) is 18.1 Å². The summed E-state index contributed by atoms with van der Waals surface area (Å²) in [5.74, 6) is -1.94. The molecule has 0 saturated carbocycles. The minimum absolute atomic E-state index is 0.0772. The summed E-state index contributed by atoms with van der Waals surface area (Å²) in [5.41, 5.74) is 1.03. The number of hydrogen-bond donors (Lipinski definition) is 1. The normalized spacial score (nSPS) is 15.1. The van der Waals surface area contributed by atoms with E-state index in [1.54, 1.807) is 56.3 Å². The Bertz CT molecular complexity index is 1680. The van der Waals surface area contributed by atoms with Gasteiger partial charge in [-0.25, -0.2) is 9.78 Å². The van der Waals surface area contributed by atoms with Gasteiger partial charge in [-0.1, -0.05) is 42.5 Å². The standard InChI is InChI=1S/C30H28N2O8S/c1-5-13-39-19-11-7-9-17(14-19)23-22(24(33)21-15-18-10-8-12-20(37-4)26(18)40-21)25(34)28(35)32(23)30-31-16(3)27(41-30)29(36)38-6-2/h7-12,14-15,23,34H,5-6,13H2,1-4H3. The molecule has 1 N–H and O–H groups in total. The number of aromatic nitrogens is 1. The van der Waals surface area contributed by atoms with E-state index in [2.05, 4.69) is 4.98 Å². The molecule has 0 radical (unpaired) electrons. The largest absolute Gasteiger partial charge is 0.503 e. The number of ether oxygens (including phenoxy) is 3. The number of nitrogens with zero attached hydrogens (tertiary/aromatic N) is 2. The van der Waals surface area contributed by atoms with Gasteiger partial charge in [-0.05, 0) is 50.1 Å². The van der Waals surface area contributed by atoms with Crippen molar-refractivity contribution < 1.29 is 38.1 Å². The van der Waals surface area contributed by atoms with E-state index in [9.17, 15) is 19.5 Å². The molecule has 0 spiro atoms. The van der Waals surface area contributed by atoms with E-state index >= 15 is 0 Å². The first-order valence-electron chi connectivity index (χ1n) is 13.0. The monoisotopic (exact) mass is 576 g/mol. The Labute approximate surface area is 239 Å². The average Bonchev–Trinajstić information content (AvgIpc) is 3.65. The Kier molecular flexibility index (Phi) is 7.80. The number of amides is 1. The third-order valence-electron chi connectivity index (χ3n) is 6.50. The van der Waals surface area contributed by atoms with Gasteiger partial charge < -0.3 is 23.7 Å². The molecule has 5 rings (SSSR count). The molecule has 4 aromatic rings. The number of benzene rings is 2. The lowest BCUT2D eigenvalue weighted by molar-refractivity contribution is -0.117. The van der Waals surface area contributed by atoms with Crippen LogP contribution in [-0.4, -0.2) is 48.1 Å². The molecule has 11 heteroatoms. The van der Waals surface area contributed by atoms with Crippen LogP contribution in [0.3, 0.4) is 0 Å². The molecule has 1 atom stereocenters. The number of rotatable bonds is 10. The maximum atomic E-state index is 14.0. The quantitative estimate of drug-likeness (QED) is 0.180. The highest BCUT2D eigenvalue weighted by molar-refractivity contribution is 7.17. The van der Waals surface area contributed by atoms with E-state index in [1.807, 2.05) is 6.92 Å². The predicted octanol–water partition coefficient (Wildman–Crippen LogP) is 5.95. The number of furan rings is 1. The Morgan fingerprint density at radius 3 is 2.66 bits per heavy atom. The van der Waals surface area contributed by atoms with Crippen LogP contribution >= 0.6 is 11.3 Å². The molecule has 0 saturated heterocycles. The number of aliphatic hydroxyl groups is 1. The number of methoxy groups -OCH3 is 1. The fraction of sp³-hybridized carbons (Fsp3) is 0.267. The minimum Gasteiger partial charge on any atom is -0.503 e. The van der Waals surface area contributed by atoms with Crippen molar-refractivity contribution in [2.75, 3.05) is 25.2 Å². The summed E-state index contributed by atoms with van der Waals surface area (Å²) in [6.45, 7) is 5.94. The number of ketones is 1. The molecule has 0 aliphatic carbocycles. The first kappa shape index (κ1) is 27.9. The van der Waals surface area contributed by atoms with Crippen molar-refractivity contribution in [1.82, 2.24) is 4.98 Å². The number of carbonyl (C=O) groups is 3. The van der Waals surface area contributed by atoms with Crippen molar-refractivity contribution in [2.24, 2.45) is 0 Å². The zero-order valence-corrected chi connectivity index (χ0v) is 23.7. The number of para-hydroxylation sites is 1. The second kappa shape index (κ2) is 11.5. The van der Waals surface area contributed by atoms with Crippen LogP contribution in [0.2, 0.25) is 0 Å². The summed E-state index contributed by atoms with van der Waals surface area (Å²) in [7, 11) is 1.49. The van der Waals surface area contributed by atoms with E-state index in [4.69, 9.17) is 18.6 Å². The molecule has 1 unspecified atom stereocenters. The van der Waals surface area contributed by atoms with Gasteiger partial charge in [-0.2, -0.15) is 0 Å². The van der Waals surface area contributed by atoms with Crippen molar-refractivity contribution in [3.05, 3.63) is 81.8 Å². The second-order valence-electron chi connectivity index (χ2n) is 9.21. The second-order valence-corrected chi connectivity index (χ2v) is 10.2. The van der Waals surface area contributed by atoms with Gasteiger partial charge in [-0.15, -0.1) is 0 Å². The zero-order valence-electron chi connectivity index (χ0n) is 22.9. The number of carbonyl (C=O) groups excluding carboxylic acids is 3. The molecule has 3 heterocycles. The average molecular weight is 577 g/mol. The number of hydrogen-bond acceptors (Lipinski definition) is 10. The molecular formula is C30H28N2O8S. The highest BCUT2D eigenvalue weighted by Gasteiger charge is 2.47. The van der Waals surface area contributed by atoms with Gasteiger partial charge in [0.05, 0.1) is 37.6 Å². The van der Waals surface area contributed by atoms with Crippen molar-refractivity contribution in [3.8, 4) is 11.5 Å². The van der Waals surface area contributed by atoms with Crippen LogP contribution < -0.4 is 14.4 Å². The lowest BCUT2D eigenvalue weighted by Gasteiger charge is -2.24. The van der Waals surface area contributed by atoms with Gasteiger partial charge in [0, 0.05) is 5.39 Å². The number of anilines is 1. The molecule has 10 nitrogen and oxygen atoms in total. The Morgan fingerprint density at radius 1 is 1.15 bits per heavy atom. The van der Waals surface area contributed by atoms with E-state index in [0.29, 0.717) is 40.3 Å². The molecule has 0 fully saturated rings. The van der Waals surface area contributed by atoms with Crippen LogP contribution in [0.15, 0.2) is 64.3 Å². The molecule has 1 aliphatic heterocycles. The molecular weight excluding hydrogens is 548 g/mol. The Balaban J connectivity index is 1.64. The van der Waals surface area contributed by atoms with Crippen LogP contribution in [-0.2, 0) is 9.53 Å². The lowest BCUT2D eigenvalue weighted by Crippen LogP contribution is -2.31. The van der Waals surface area contributed by atoms with E-state index < -0.39 is 29.5 Å². The summed E-state index contributed by atoms with van der Waals surface area (Å²) in [5, 5.41) is 11.9. The summed E-state index contributed by atoms with van der Waals surface area (Å²) in [6.07, 6.45) is 0.785. The number of aliphatic hydroxyl groups excluding tert-OH is 1. The van der Waals surface area contributed by atoms with Crippen LogP contribution in [0.5, 0.6) is 11.5 Å². The third-order valence-corrected chi connectivity index (χ3v) is 7.64. The smallest absolute Gasteiger partial charge is 0.350 e. The number of thiazole rings is 1. The van der Waals surface area contributed by atoms with Crippen molar-refractivity contribution in [1.29, 1.82) is 0 Å². The van der Waals surface area contributed by atoms with E-state index in [-0.39, 0.29) is 27.9 Å². The van der Waals surface area contributed by atoms with Crippen molar-refractivity contribution >= 4 is 45.1 Å². The number of aryl methyl sites for hydroxylation is 1. The SMILES string of the molecule is CCCOc1cccc(C2C(C(=O)c3cc4cccc(OC)c4o3)=C(O)C(=O)N2c2nc(C)c(C(=O)OCC)s2)c1. The fourth-order valence-electron chi connectivity index (χ4n) is 4.66. The first-order chi connectivity index (χ1) is 19.8. The topological polar surface area (TPSA) is 128 Å². The molecule has 2 aromatic carbocycles. The zero-order chi connectivity index (χ0) is 29.3. The van der Waals surface area contributed by atoms with Crippen LogP contribution in [0, 0.1) is 6.92 Å². The van der Waals surface area contributed by atoms with Crippen molar-refractivity contribution in [3.63, 3.8) is 0 Å². The lowest BCUT2D eigenvalue weighted by atomic mass is 9.95. The summed E-state index contributed by atoms with van der Waals surface area (Å²) in [4.78, 5) is 46.0. The molecule has 0 bridgehead atoms. The number of esters is 1. The molecule has 41 heavy (non-hydrogen) atoms. The molecule has 1 amide bonds. The van der Waals surface area contributed by atoms with Gasteiger partial charge in [0.1, 0.15) is 10.6 Å². The maximum Gasteiger partial charge on any atom is 0.350 e. The number of Topliss-reactive ketones (excluding diaryl/α,β-unsaturated/α-hetero) is 1. The Hall–Kier alpha value is -4.64. The molecule has 212 valence electrons. The van der Waals surface area contributed by atoms with E-state index in [0.717, 1.165) is 17.8 Å². The van der Waals surface area contributed by atoms with Crippen LogP contribution in [0.4, 0.5) is 5.13 Å². The highest BCUT2D eigenvalue weighted by Crippen LogP contribution is 2.45. The Morgan fingerprint density at radius 2 is 1.93 bits per heavy atom. The van der Waals surface area contributed by atoms with Crippen LogP contribution in [0.25, 0.3) is 11.0 Å². The first-order valence-corrected chi connectivity index (χ1v) is 13.9. The van der Waals surface area contributed by atoms with Crippen molar-refractivity contribution in [2.45, 2.75) is 33.2 Å². The van der Waals surface area contributed by atoms with Gasteiger partial charge >= 0.3 is 5.97 Å². The van der Waals surface area contributed by atoms with Crippen LogP contribution in [0.1, 0.15) is 57.8 Å². The summed E-state index contributed by atoms with van der Waals surface area (Å²) < 4.78 is 22.2. The third kappa shape index (κ3) is 5.04. The predicted molar refractivity (Wildman–Crippen MR) is 152 cm³/mol. The minimum atomic E-state index is -1.09. The summed E-state index contributed by atoms with van der Waals surface area (Å²) in [6, 6.07) is 12.6. The van der Waals surface area contributed by atoms with Gasteiger partial charge in [0.25, 0.3) is 5.91 Å². The molecule has 1 aliphatic rings. The van der Waals surface area contributed by atoms with Gasteiger partial charge in [0.2, 0.25) is 5.78 Å². The number of fused-ring (bicyclic) bond motifs is 1. The highest BCUT2D eigenvalue weighted by atomic mass is 32.1. The molecule has 2 aromatic heterocycles. The fourth-order valence-corrected chi connectivity index (χ4v) is 5.64. The van der Waals surface area contributed by atoms with Gasteiger partial charge in [-0.3, -0.25) is 14.5 Å².